The molecule has 0 saturated carbocycles. The Morgan fingerprint density at radius 1 is 1.33 bits per heavy atom. The molecule has 1 unspecified atom stereocenters. The molecular formula is C13H17NO3S. The Bertz CT molecular complexity index is 597. The van der Waals surface area contributed by atoms with Gasteiger partial charge < -0.3 is 4.42 Å². The van der Waals surface area contributed by atoms with Crippen LogP contribution in [0.25, 0.3) is 11.0 Å². The second kappa shape index (κ2) is 5.12. The van der Waals surface area contributed by atoms with Gasteiger partial charge in [0.25, 0.3) is 0 Å². The maximum Gasteiger partial charge on any atom is 0.211 e. The van der Waals surface area contributed by atoms with Crippen molar-refractivity contribution in [3.8, 4) is 0 Å². The summed E-state index contributed by atoms with van der Waals surface area (Å²) in [4.78, 5) is 0. The Balaban J connectivity index is 2.09. The molecule has 0 amide bonds. The first kappa shape index (κ1) is 13.1. The second-order valence-corrected chi connectivity index (χ2v) is 6.42. The molecule has 1 aromatic heterocycles. The quantitative estimate of drug-likeness (QED) is 0.904. The Labute approximate surface area is 107 Å². The van der Waals surface area contributed by atoms with Crippen LogP contribution in [0.1, 0.15) is 19.6 Å². The molecule has 1 aromatic carbocycles. The monoisotopic (exact) mass is 267 g/mol. The first-order valence-corrected chi connectivity index (χ1v) is 7.63. The minimum absolute atomic E-state index is 0.0947. The van der Waals surface area contributed by atoms with Gasteiger partial charge in [-0.1, -0.05) is 18.2 Å². The third-order valence-electron chi connectivity index (χ3n) is 2.74. The summed E-state index contributed by atoms with van der Waals surface area (Å²) >= 11 is 0. The SMILES string of the molecule is CCS(=O)(=O)NC(C)Cc1cc2ccccc2o1. The zero-order valence-electron chi connectivity index (χ0n) is 10.5. The van der Waals surface area contributed by atoms with Crippen LogP contribution in [0.3, 0.4) is 0 Å². The number of rotatable bonds is 5. The molecule has 1 atom stereocenters. The smallest absolute Gasteiger partial charge is 0.211 e. The molecule has 5 heteroatoms. The Morgan fingerprint density at radius 3 is 2.72 bits per heavy atom. The van der Waals surface area contributed by atoms with Gasteiger partial charge in [0.2, 0.25) is 10.0 Å². The van der Waals surface area contributed by atoms with Crippen molar-refractivity contribution >= 4 is 21.0 Å². The van der Waals surface area contributed by atoms with Crippen LogP contribution in [0.15, 0.2) is 34.7 Å². The lowest BCUT2D eigenvalue weighted by Gasteiger charge is -2.11. The van der Waals surface area contributed by atoms with Crippen LogP contribution in [0.4, 0.5) is 0 Å². The fourth-order valence-corrected chi connectivity index (χ4v) is 2.73. The molecule has 4 nitrogen and oxygen atoms in total. The lowest BCUT2D eigenvalue weighted by molar-refractivity contribution is 0.504. The second-order valence-electron chi connectivity index (χ2n) is 4.38. The van der Waals surface area contributed by atoms with Gasteiger partial charge in [-0.15, -0.1) is 0 Å². The summed E-state index contributed by atoms with van der Waals surface area (Å²) < 4.78 is 31.1. The van der Waals surface area contributed by atoms with Crippen molar-refractivity contribution in [1.29, 1.82) is 0 Å². The molecule has 0 aliphatic carbocycles. The molecule has 1 heterocycles. The Morgan fingerprint density at radius 2 is 2.06 bits per heavy atom. The Hall–Kier alpha value is -1.33. The van der Waals surface area contributed by atoms with Crippen molar-refractivity contribution in [3.63, 3.8) is 0 Å². The maximum atomic E-state index is 11.4. The van der Waals surface area contributed by atoms with Gasteiger partial charge in [-0.2, -0.15) is 0 Å². The van der Waals surface area contributed by atoms with Crippen molar-refractivity contribution in [2.45, 2.75) is 26.3 Å². The fraction of sp³-hybridized carbons (Fsp3) is 0.385. The topological polar surface area (TPSA) is 59.3 Å². The van der Waals surface area contributed by atoms with E-state index >= 15 is 0 Å². The van der Waals surface area contributed by atoms with E-state index in [1.54, 1.807) is 6.92 Å². The summed E-state index contributed by atoms with van der Waals surface area (Å²) in [5.74, 6) is 0.889. The number of para-hydroxylation sites is 1. The van der Waals surface area contributed by atoms with Gasteiger partial charge in [0, 0.05) is 17.8 Å². The summed E-state index contributed by atoms with van der Waals surface area (Å²) in [6.45, 7) is 3.45. The molecule has 0 aliphatic rings. The van der Waals surface area contributed by atoms with Gasteiger partial charge in [-0.3, -0.25) is 0 Å². The van der Waals surface area contributed by atoms with Gasteiger partial charge in [-0.25, -0.2) is 13.1 Å². The third kappa shape index (κ3) is 3.11. The predicted molar refractivity (Wildman–Crippen MR) is 72.0 cm³/mol. The molecule has 0 radical (unpaired) electrons. The van der Waals surface area contributed by atoms with E-state index in [0.29, 0.717) is 6.42 Å². The molecular weight excluding hydrogens is 250 g/mol. The maximum absolute atomic E-state index is 11.4. The molecule has 2 rings (SSSR count). The van der Waals surface area contributed by atoms with E-state index in [0.717, 1.165) is 16.7 Å². The number of furan rings is 1. The van der Waals surface area contributed by atoms with E-state index in [9.17, 15) is 8.42 Å². The van der Waals surface area contributed by atoms with Crippen molar-refractivity contribution in [2.24, 2.45) is 0 Å². The fourth-order valence-electron chi connectivity index (χ4n) is 1.87. The van der Waals surface area contributed by atoms with Crippen LogP contribution >= 0.6 is 0 Å². The van der Waals surface area contributed by atoms with Gasteiger partial charge in [-0.05, 0) is 26.0 Å². The number of hydrogen-bond acceptors (Lipinski definition) is 3. The van der Waals surface area contributed by atoms with Crippen molar-refractivity contribution in [3.05, 3.63) is 36.1 Å². The summed E-state index contributed by atoms with van der Waals surface area (Å²) in [6.07, 6.45) is 0.550. The van der Waals surface area contributed by atoms with E-state index in [-0.39, 0.29) is 11.8 Å². The first-order chi connectivity index (χ1) is 8.50. The average molecular weight is 267 g/mol. The molecule has 98 valence electrons. The highest BCUT2D eigenvalue weighted by Crippen LogP contribution is 2.19. The van der Waals surface area contributed by atoms with Crippen LogP contribution in [0.2, 0.25) is 0 Å². The average Bonchev–Trinajstić information content (AvgIpc) is 2.70. The molecule has 0 bridgehead atoms. The van der Waals surface area contributed by atoms with Gasteiger partial charge in [0.05, 0.1) is 5.75 Å². The minimum atomic E-state index is -3.16. The van der Waals surface area contributed by atoms with E-state index in [4.69, 9.17) is 4.42 Å². The van der Waals surface area contributed by atoms with Crippen molar-refractivity contribution in [2.75, 3.05) is 5.75 Å². The molecule has 0 spiro atoms. The summed E-state index contributed by atoms with van der Waals surface area (Å²) in [6, 6.07) is 9.52. The highest BCUT2D eigenvalue weighted by atomic mass is 32.2. The summed E-state index contributed by atoms with van der Waals surface area (Å²) in [5.41, 5.74) is 0.832. The number of fused-ring (bicyclic) bond motifs is 1. The van der Waals surface area contributed by atoms with Gasteiger partial charge >= 0.3 is 0 Å². The number of nitrogens with one attached hydrogen (secondary N) is 1. The Kier molecular flexibility index (Phi) is 3.73. The van der Waals surface area contributed by atoms with E-state index in [1.165, 1.54) is 0 Å². The summed E-state index contributed by atoms with van der Waals surface area (Å²) in [7, 11) is -3.16. The van der Waals surface area contributed by atoms with Crippen LogP contribution in [-0.2, 0) is 16.4 Å². The van der Waals surface area contributed by atoms with E-state index in [2.05, 4.69) is 4.72 Å². The van der Waals surface area contributed by atoms with Crippen molar-refractivity contribution in [1.82, 2.24) is 4.72 Å². The minimum Gasteiger partial charge on any atom is -0.461 e. The predicted octanol–water partition coefficient (Wildman–Crippen LogP) is 2.30. The molecule has 1 N–H and O–H groups in total. The number of sulfonamides is 1. The highest BCUT2D eigenvalue weighted by molar-refractivity contribution is 7.89. The molecule has 0 aliphatic heterocycles. The zero-order chi connectivity index (χ0) is 13.2. The molecule has 0 fully saturated rings. The normalized spacial score (nSPS) is 13.9. The zero-order valence-corrected chi connectivity index (χ0v) is 11.3. The van der Waals surface area contributed by atoms with Crippen LogP contribution in [0, 0.1) is 0 Å². The standard InChI is InChI=1S/C13H17NO3S/c1-3-18(15,16)14-10(2)8-12-9-11-6-4-5-7-13(11)17-12/h4-7,9-10,14H,3,8H2,1-2H3. The lowest BCUT2D eigenvalue weighted by atomic mass is 10.2. The first-order valence-electron chi connectivity index (χ1n) is 5.97. The van der Waals surface area contributed by atoms with Gasteiger partial charge in [0.15, 0.2) is 0 Å². The van der Waals surface area contributed by atoms with E-state index < -0.39 is 10.0 Å². The molecule has 18 heavy (non-hydrogen) atoms. The number of benzene rings is 1. The van der Waals surface area contributed by atoms with Gasteiger partial charge in [0.1, 0.15) is 11.3 Å². The molecule has 0 saturated heterocycles. The summed E-state index contributed by atoms with van der Waals surface area (Å²) in [5, 5.41) is 1.04. The van der Waals surface area contributed by atoms with E-state index in [1.807, 2.05) is 37.3 Å². The van der Waals surface area contributed by atoms with Crippen LogP contribution in [-0.4, -0.2) is 20.2 Å². The van der Waals surface area contributed by atoms with Crippen LogP contribution in [0.5, 0.6) is 0 Å². The van der Waals surface area contributed by atoms with Crippen LogP contribution < -0.4 is 4.72 Å². The number of hydrogen-bond donors (Lipinski definition) is 1. The largest absolute Gasteiger partial charge is 0.461 e. The third-order valence-corrected chi connectivity index (χ3v) is 4.27. The molecule has 2 aromatic rings. The highest BCUT2D eigenvalue weighted by Gasteiger charge is 2.14. The lowest BCUT2D eigenvalue weighted by Crippen LogP contribution is -2.35. The van der Waals surface area contributed by atoms with Crippen molar-refractivity contribution < 1.29 is 12.8 Å².